The van der Waals surface area contributed by atoms with Gasteiger partial charge in [-0.2, -0.15) is 5.10 Å². The highest BCUT2D eigenvalue weighted by Gasteiger charge is 2.15. The smallest absolute Gasteiger partial charge is 0.129 e. The second-order valence-corrected chi connectivity index (χ2v) is 3.62. The first-order valence-corrected chi connectivity index (χ1v) is 4.73. The molecule has 0 N–H and O–H groups in total. The number of aromatic nitrogens is 2. The Morgan fingerprint density at radius 1 is 1.50 bits per heavy atom. The summed E-state index contributed by atoms with van der Waals surface area (Å²) in [5.74, 6) is -0.0794. The molecule has 2 nitrogen and oxygen atoms in total. The van der Waals surface area contributed by atoms with Crippen LogP contribution in [0.3, 0.4) is 0 Å². The molecule has 14 heavy (non-hydrogen) atoms. The van der Waals surface area contributed by atoms with E-state index in [1.807, 2.05) is 26.2 Å². The minimum atomic E-state index is -0.0794. The van der Waals surface area contributed by atoms with Crippen molar-refractivity contribution in [2.24, 2.45) is 7.05 Å². The van der Waals surface area contributed by atoms with Crippen molar-refractivity contribution >= 4 is 5.57 Å². The fraction of sp³-hybridized carbons (Fsp3) is 0.364. The SMILES string of the molecule is CC1=CCCC(c2cnn(C)c2)=C1F. The van der Waals surface area contributed by atoms with E-state index >= 15 is 0 Å². The van der Waals surface area contributed by atoms with Crippen LogP contribution in [0.15, 0.2) is 29.9 Å². The molecule has 0 aliphatic heterocycles. The predicted molar refractivity (Wildman–Crippen MR) is 54.2 cm³/mol. The minimum Gasteiger partial charge on any atom is -0.275 e. The zero-order valence-electron chi connectivity index (χ0n) is 8.42. The van der Waals surface area contributed by atoms with Gasteiger partial charge < -0.3 is 0 Å². The highest BCUT2D eigenvalue weighted by atomic mass is 19.1. The summed E-state index contributed by atoms with van der Waals surface area (Å²) in [5, 5.41) is 4.05. The molecule has 3 heteroatoms. The van der Waals surface area contributed by atoms with E-state index in [0.717, 1.165) is 29.6 Å². The first-order valence-electron chi connectivity index (χ1n) is 4.73. The number of hydrogen-bond donors (Lipinski definition) is 0. The van der Waals surface area contributed by atoms with Crippen LogP contribution in [-0.4, -0.2) is 9.78 Å². The Labute approximate surface area is 82.7 Å². The lowest BCUT2D eigenvalue weighted by Crippen LogP contribution is -1.94. The van der Waals surface area contributed by atoms with Gasteiger partial charge in [-0.3, -0.25) is 4.68 Å². The normalized spacial score (nSPS) is 17.2. The molecule has 1 aliphatic carbocycles. The van der Waals surface area contributed by atoms with Crippen LogP contribution >= 0.6 is 0 Å². The third kappa shape index (κ3) is 1.50. The summed E-state index contributed by atoms with van der Waals surface area (Å²) >= 11 is 0. The van der Waals surface area contributed by atoms with Crippen LogP contribution in [0.2, 0.25) is 0 Å². The lowest BCUT2D eigenvalue weighted by Gasteiger charge is -2.12. The maximum Gasteiger partial charge on any atom is 0.129 e. The Kier molecular flexibility index (Phi) is 2.23. The molecule has 1 aromatic rings. The maximum atomic E-state index is 13.7. The molecular weight excluding hydrogens is 179 g/mol. The van der Waals surface area contributed by atoms with Crippen molar-refractivity contribution in [3.8, 4) is 0 Å². The molecule has 0 bridgehead atoms. The summed E-state index contributed by atoms with van der Waals surface area (Å²) in [7, 11) is 1.84. The van der Waals surface area contributed by atoms with Gasteiger partial charge in [0, 0.05) is 18.8 Å². The summed E-state index contributed by atoms with van der Waals surface area (Å²) in [5.41, 5.74) is 2.44. The molecule has 0 spiro atoms. The van der Waals surface area contributed by atoms with Crippen molar-refractivity contribution in [3.05, 3.63) is 35.4 Å². The third-order valence-electron chi connectivity index (χ3n) is 2.51. The number of halogens is 1. The van der Waals surface area contributed by atoms with Crippen molar-refractivity contribution in [1.29, 1.82) is 0 Å². The molecule has 0 atom stereocenters. The van der Waals surface area contributed by atoms with Gasteiger partial charge in [-0.25, -0.2) is 4.39 Å². The number of rotatable bonds is 1. The fourth-order valence-corrected chi connectivity index (χ4v) is 1.72. The van der Waals surface area contributed by atoms with Crippen LogP contribution in [0.4, 0.5) is 4.39 Å². The molecule has 0 unspecified atom stereocenters. The standard InChI is InChI=1S/C11H13FN2/c1-8-4-3-5-10(11(8)12)9-6-13-14(2)7-9/h4,6-7H,3,5H2,1-2H3. The van der Waals surface area contributed by atoms with E-state index < -0.39 is 0 Å². The van der Waals surface area contributed by atoms with Crippen LogP contribution in [0.1, 0.15) is 25.3 Å². The van der Waals surface area contributed by atoms with Gasteiger partial charge in [0.1, 0.15) is 5.83 Å². The molecule has 1 aliphatic rings. The van der Waals surface area contributed by atoms with E-state index in [9.17, 15) is 4.39 Å². The van der Waals surface area contributed by atoms with E-state index in [4.69, 9.17) is 0 Å². The Morgan fingerprint density at radius 2 is 2.29 bits per heavy atom. The topological polar surface area (TPSA) is 17.8 Å². The second-order valence-electron chi connectivity index (χ2n) is 3.62. The van der Waals surface area contributed by atoms with E-state index in [-0.39, 0.29) is 5.83 Å². The molecule has 74 valence electrons. The van der Waals surface area contributed by atoms with Gasteiger partial charge in [0.15, 0.2) is 0 Å². The van der Waals surface area contributed by atoms with E-state index in [1.165, 1.54) is 0 Å². The summed E-state index contributed by atoms with van der Waals surface area (Å²) in [6.07, 6.45) is 7.20. The molecule has 0 amide bonds. The number of allylic oxidation sites excluding steroid dienone is 4. The highest BCUT2D eigenvalue weighted by Crippen LogP contribution is 2.32. The highest BCUT2D eigenvalue weighted by molar-refractivity contribution is 5.71. The molecule has 0 aromatic carbocycles. The average molecular weight is 192 g/mol. The number of nitrogens with zero attached hydrogens (tertiary/aromatic N) is 2. The first-order chi connectivity index (χ1) is 6.68. The van der Waals surface area contributed by atoms with Gasteiger partial charge in [-0.05, 0) is 30.9 Å². The van der Waals surface area contributed by atoms with Gasteiger partial charge in [0.2, 0.25) is 0 Å². The zero-order chi connectivity index (χ0) is 10.1. The predicted octanol–water partition coefficient (Wildman–Crippen LogP) is 2.84. The average Bonchev–Trinajstić information content (AvgIpc) is 2.57. The van der Waals surface area contributed by atoms with Gasteiger partial charge in [0.25, 0.3) is 0 Å². The van der Waals surface area contributed by atoms with Gasteiger partial charge >= 0.3 is 0 Å². The van der Waals surface area contributed by atoms with Crippen LogP contribution in [0.5, 0.6) is 0 Å². The molecule has 2 rings (SSSR count). The first kappa shape index (κ1) is 9.19. The van der Waals surface area contributed by atoms with Gasteiger partial charge in [0.05, 0.1) is 6.20 Å². The summed E-state index contributed by atoms with van der Waals surface area (Å²) in [4.78, 5) is 0. The monoisotopic (exact) mass is 192 g/mol. The number of aryl methyl sites for hydroxylation is 1. The Morgan fingerprint density at radius 3 is 2.93 bits per heavy atom. The molecule has 0 fully saturated rings. The Bertz CT molecular complexity index is 413. The second kappa shape index (κ2) is 3.40. The molecular formula is C11H13FN2. The molecule has 0 saturated carbocycles. The van der Waals surface area contributed by atoms with Crippen molar-refractivity contribution in [2.75, 3.05) is 0 Å². The van der Waals surface area contributed by atoms with Crippen LogP contribution in [0, 0.1) is 0 Å². The summed E-state index contributed by atoms with van der Waals surface area (Å²) < 4.78 is 15.4. The molecule has 0 saturated heterocycles. The third-order valence-corrected chi connectivity index (χ3v) is 2.51. The quantitative estimate of drug-likeness (QED) is 0.669. The van der Waals surface area contributed by atoms with Crippen molar-refractivity contribution in [3.63, 3.8) is 0 Å². The largest absolute Gasteiger partial charge is 0.275 e. The Balaban J connectivity index is 2.43. The maximum absolute atomic E-state index is 13.7. The Hall–Kier alpha value is -1.38. The fourth-order valence-electron chi connectivity index (χ4n) is 1.72. The molecule has 0 radical (unpaired) electrons. The zero-order valence-corrected chi connectivity index (χ0v) is 8.42. The molecule has 1 aromatic heterocycles. The lowest BCUT2D eigenvalue weighted by atomic mass is 9.95. The minimum absolute atomic E-state index is 0.0794. The van der Waals surface area contributed by atoms with Crippen molar-refractivity contribution in [2.45, 2.75) is 19.8 Å². The van der Waals surface area contributed by atoms with Crippen LogP contribution < -0.4 is 0 Å². The van der Waals surface area contributed by atoms with Gasteiger partial charge in [-0.1, -0.05) is 6.08 Å². The van der Waals surface area contributed by atoms with Crippen molar-refractivity contribution < 1.29 is 4.39 Å². The van der Waals surface area contributed by atoms with Crippen LogP contribution in [-0.2, 0) is 7.05 Å². The molecule has 1 heterocycles. The summed E-state index contributed by atoms with van der Waals surface area (Å²) in [6, 6.07) is 0. The lowest BCUT2D eigenvalue weighted by molar-refractivity contribution is 0.642. The van der Waals surface area contributed by atoms with E-state index in [0.29, 0.717) is 0 Å². The summed E-state index contributed by atoms with van der Waals surface area (Å²) in [6.45, 7) is 1.81. The van der Waals surface area contributed by atoms with Crippen LogP contribution in [0.25, 0.3) is 5.57 Å². The van der Waals surface area contributed by atoms with Crippen molar-refractivity contribution in [1.82, 2.24) is 9.78 Å². The van der Waals surface area contributed by atoms with Gasteiger partial charge in [-0.15, -0.1) is 0 Å². The van der Waals surface area contributed by atoms with E-state index in [2.05, 4.69) is 5.10 Å². The number of hydrogen-bond acceptors (Lipinski definition) is 1. The van der Waals surface area contributed by atoms with E-state index in [1.54, 1.807) is 10.9 Å².